The van der Waals surface area contributed by atoms with E-state index in [0.29, 0.717) is 29.3 Å². The van der Waals surface area contributed by atoms with E-state index in [1.165, 1.54) is 26.4 Å². The van der Waals surface area contributed by atoms with Gasteiger partial charge in [0.15, 0.2) is 5.78 Å². The predicted octanol–water partition coefficient (Wildman–Crippen LogP) is 2.72. The average molecular weight is 382 g/mol. The maximum absolute atomic E-state index is 13.0. The molecule has 3 rings (SSSR count). The van der Waals surface area contributed by atoms with Crippen molar-refractivity contribution in [3.05, 3.63) is 71.2 Å². The van der Waals surface area contributed by atoms with E-state index in [9.17, 15) is 14.0 Å². The molecule has 2 aromatic rings. The Hall–Kier alpha value is -3.48. The molecule has 2 aromatic carbocycles. The highest BCUT2D eigenvalue weighted by Crippen LogP contribution is 2.28. The van der Waals surface area contributed by atoms with E-state index >= 15 is 0 Å². The average Bonchev–Trinajstić information content (AvgIpc) is 3.17. The number of aliphatic imine (C=N–C) groups is 1. The molecular formula is C21H19FN2O4. The number of halogens is 1. The quantitative estimate of drug-likeness (QED) is 0.799. The van der Waals surface area contributed by atoms with Gasteiger partial charge in [0, 0.05) is 6.42 Å². The molecule has 0 bridgehead atoms. The van der Waals surface area contributed by atoms with Crippen LogP contribution in [0.4, 0.5) is 4.39 Å². The van der Waals surface area contributed by atoms with E-state index in [2.05, 4.69) is 10.3 Å². The number of carbonyl (C=O) groups is 2. The van der Waals surface area contributed by atoms with Gasteiger partial charge in [-0.1, -0.05) is 18.2 Å². The molecule has 7 heteroatoms. The highest BCUT2D eigenvalue weighted by molar-refractivity contribution is 6.47. The lowest BCUT2D eigenvalue weighted by molar-refractivity contribution is -0.112. The van der Waals surface area contributed by atoms with Gasteiger partial charge >= 0.3 is 0 Å². The standard InChI is InChI=1S/C21H19FN2O4/c1-27-17-4-3-5-18(28-2)19(17)21(26)24-15-10-11-23-20(15)16(25)12-13-6-8-14(22)9-7-13/h3-10H,11-12H2,1-2H3,(H,24,26). The molecule has 0 aromatic heterocycles. The summed E-state index contributed by atoms with van der Waals surface area (Å²) in [6.45, 7) is 0.295. The summed E-state index contributed by atoms with van der Waals surface area (Å²) in [7, 11) is 2.92. The lowest BCUT2D eigenvalue weighted by Gasteiger charge is -2.14. The van der Waals surface area contributed by atoms with Gasteiger partial charge < -0.3 is 14.8 Å². The molecule has 0 unspecified atom stereocenters. The van der Waals surface area contributed by atoms with Gasteiger partial charge in [0.05, 0.1) is 26.5 Å². The van der Waals surface area contributed by atoms with Crippen LogP contribution < -0.4 is 14.8 Å². The van der Waals surface area contributed by atoms with E-state index in [0.717, 1.165) is 0 Å². The molecule has 0 saturated carbocycles. The minimum Gasteiger partial charge on any atom is -0.496 e. The first-order valence-corrected chi connectivity index (χ1v) is 8.58. The molecular weight excluding hydrogens is 363 g/mol. The molecule has 1 heterocycles. The van der Waals surface area contributed by atoms with Crippen molar-refractivity contribution in [2.45, 2.75) is 6.42 Å². The number of hydrogen-bond acceptors (Lipinski definition) is 5. The minimum atomic E-state index is -0.468. The first-order valence-electron chi connectivity index (χ1n) is 8.58. The van der Waals surface area contributed by atoms with Crippen molar-refractivity contribution in [1.82, 2.24) is 5.32 Å². The number of carbonyl (C=O) groups excluding carboxylic acids is 2. The smallest absolute Gasteiger partial charge is 0.263 e. The Morgan fingerprint density at radius 1 is 1.07 bits per heavy atom. The van der Waals surface area contributed by atoms with Gasteiger partial charge in [-0.15, -0.1) is 0 Å². The minimum absolute atomic E-state index is 0.0598. The molecule has 144 valence electrons. The van der Waals surface area contributed by atoms with Crippen LogP contribution in [-0.4, -0.2) is 38.2 Å². The van der Waals surface area contributed by atoms with Crippen molar-refractivity contribution in [1.29, 1.82) is 0 Å². The van der Waals surface area contributed by atoms with Gasteiger partial charge in [-0.25, -0.2) is 4.39 Å². The number of methoxy groups -OCH3 is 2. The maximum Gasteiger partial charge on any atom is 0.263 e. The number of ether oxygens (including phenoxy) is 2. The van der Waals surface area contributed by atoms with E-state index in [1.54, 1.807) is 36.4 Å². The normalized spacial score (nSPS) is 12.8. The van der Waals surface area contributed by atoms with E-state index in [-0.39, 0.29) is 29.3 Å². The Kier molecular flexibility index (Phi) is 5.84. The summed E-state index contributed by atoms with van der Waals surface area (Å²) in [5.74, 6) is -0.390. The summed E-state index contributed by atoms with van der Waals surface area (Å²) in [6.07, 6.45) is 1.72. The second-order valence-electron chi connectivity index (χ2n) is 6.03. The fourth-order valence-electron chi connectivity index (χ4n) is 2.89. The lowest BCUT2D eigenvalue weighted by atomic mass is 10.0. The molecule has 1 N–H and O–H groups in total. The van der Waals surface area contributed by atoms with Gasteiger partial charge in [-0.05, 0) is 35.9 Å². The summed E-state index contributed by atoms with van der Waals surface area (Å²) in [4.78, 5) is 29.6. The fraction of sp³-hybridized carbons (Fsp3) is 0.190. The van der Waals surface area contributed by atoms with Crippen LogP contribution in [0.5, 0.6) is 11.5 Å². The number of nitrogens with zero attached hydrogens (tertiary/aromatic N) is 1. The number of amides is 1. The van der Waals surface area contributed by atoms with Crippen molar-refractivity contribution in [3.63, 3.8) is 0 Å². The molecule has 0 atom stereocenters. The van der Waals surface area contributed by atoms with Crippen LogP contribution in [0.2, 0.25) is 0 Å². The zero-order valence-electron chi connectivity index (χ0n) is 15.5. The Morgan fingerprint density at radius 2 is 1.71 bits per heavy atom. The molecule has 0 saturated heterocycles. The summed E-state index contributed by atoms with van der Waals surface area (Å²) >= 11 is 0. The third-order valence-corrected chi connectivity index (χ3v) is 4.25. The zero-order chi connectivity index (χ0) is 20.1. The number of nitrogens with one attached hydrogen (secondary N) is 1. The van der Waals surface area contributed by atoms with Crippen molar-refractivity contribution in [2.75, 3.05) is 20.8 Å². The number of benzene rings is 2. The highest BCUT2D eigenvalue weighted by atomic mass is 19.1. The monoisotopic (exact) mass is 382 g/mol. The number of allylic oxidation sites excluding steroid dienone is 1. The number of ketones is 1. The van der Waals surface area contributed by atoms with E-state index < -0.39 is 5.91 Å². The Balaban J connectivity index is 1.76. The second kappa shape index (κ2) is 8.47. The molecule has 28 heavy (non-hydrogen) atoms. The summed E-state index contributed by atoms with van der Waals surface area (Å²) in [6, 6.07) is 10.7. The van der Waals surface area contributed by atoms with Crippen molar-refractivity contribution < 1.29 is 23.5 Å². The summed E-state index contributed by atoms with van der Waals surface area (Å²) < 4.78 is 23.5. The van der Waals surface area contributed by atoms with Crippen LogP contribution in [-0.2, 0) is 11.2 Å². The van der Waals surface area contributed by atoms with Crippen LogP contribution in [0.3, 0.4) is 0 Å². The number of hydrogen-bond donors (Lipinski definition) is 1. The molecule has 1 aliphatic heterocycles. The topological polar surface area (TPSA) is 77.0 Å². The summed E-state index contributed by atoms with van der Waals surface area (Å²) in [5, 5.41) is 2.72. The zero-order valence-corrected chi connectivity index (χ0v) is 15.5. The van der Waals surface area contributed by atoms with Gasteiger partial charge in [-0.2, -0.15) is 0 Å². The largest absolute Gasteiger partial charge is 0.496 e. The highest BCUT2D eigenvalue weighted by Gasteiger charge is 2.25. The Labute approximate surface area is 161 Å². The van der Waals surface area contributed by atoms with Gasteiger partial charge in [0.2, 0.25) is 0 Å². The predicted molar refractivity (Wildman–Crippen MR) is 103 cm³/mol. The summed E-state index contributed by atoms with van der Waals surface area (Å²) in [5.41, 5.74) is 1.42. The van der Waals surface area contributed by atoms with Gasteiger partial charge in [0.25, 0.3) is 5.91 Å². The van der Waals surface area contributed by atoms with Crippen LogP contribution >= 0.6 is 0 Å². The second-order valence-corrected chi connectivity index (χ2v) is 6.03. The Bertz CT molecular complexity index is 943. The lowest BCUT2D eigenvalue weighted by Crippen LogP contribution is -2.31. The van der Waals surface area contributed by atoms with Crippen molar-refractivity contribution in [3.8, 4) is 11.5 Å². The molecule has 0 aliphatic carbocycles. The van der Waals surface area contributed by atoms with Crippen molar-refractivity contribution >= 4 is 17.4 Å². The van der Waals surface area contributed by atoms with E-state index in [4.69, 9.17) is 9.47 Å². The van der Waals surface area contributed by atoms with Crippen LogP contribution in [0.1, 0.15) is 15.9 Å². The van der Waals surface area contributed by atoms with Gasteiger partial charge in [-0.3, -0.25) is 14.6 Å². The molecule has 0 fully saturated rings. The van der Waals surface area contributed by atoms with Crippen molar-refractivity contribution in [2.24, 2.45) is 4.99 Å². The molecule has 0 radical (unpaired) electrons. The van der Waals surface area contributed by atoms with E-state index in [1.807, 2.05) is 0 Å². The molecule has 1 amide bonds. The van der Waals surface area contributed by atoms with Crippen LogP contribution in [0, 0.1) is 5.82 Å². The SMILES string of the molecule is COc1cccc(OC)c1C(=O)NC1=CCN=C1C(=O)Cc1ccc(F)cc1. The molecule has 1 aliphatic rings. The first-order chi connectivity index (χ1) is 13.5. The van der Waals surface area contributed by atoms with Crippen LogP contribution in [0.25, 0.3) is 0 Å². The maximum atomic E-state index is 13.0. The first kappa shape index (κ1) is 19.3. The van der Waals surface area contributed by atoms with Gasteiger partial charge in [0.1, 0.15) is 28.6 Å². The third-order valence-electron chi connectivity index (χ3n) is 4.25. The third kappa shape index (κ3) is 4.09. The Morgan fingerprint density at radius 3 is 2.32 bits per heavy atom. The number of rotatable bonds is 7. The van der Waals surface area contributed by atoms with Crippen LogP contribution in [0.15, 0.2) is 59.2 Å². The number of Topliss-reactive ketones (excluding diaryl/α,β-unsaturated/α-hetero) is 1. The fourth-order valence-corrected chi connectivity index (χ4v) is 2.89. The molecule has 6 nitrogen and oxygen atoms in total. The molecule has 0 spiro atoms.